The molecule has 0 saturated heterocycles. The third-order valence-corrected chi connectivity index (χ3v) is 4.41. The van der Waals surface area contributed by atoms with Crippen LogP contribution in [0.25, 0.3) is 5.70 Å². The minimum atomic E-state index is -1.24. The molecule has 1 aliphatic heterocycles. The molecule has 166 valence electrons. The van der Waals surface area contributed by atoms with Crippen molar-refractivity contribution in [1.29, 1.82) is 0 Å². The Bertz CT molecular complexity index is 966. The summed E-state index contributed by atoms with van der Waals surface area (Å²) in [6, 6.07) is 3.29. The summed E-state index contributed by atoms with van der Waals surface area (Å²) in [5.41, 5.74) is 0.414. The van der Waals surface area contributed by atoms with Gasteiger partial charge in [-0.2, -0.15) is 0 Å². The van der Waals surface area contributed by atoms with Crippen LogP contribution in [0.3, 0.4) is 0 Å². The summed E-state index contributed by atoms with van der Waals surface area (Å²) in [4.78, 5) is 62.0. The smallest absolute Gasteiger partial charge is 0.323 e. The second-order valence-electron chi connectivity index (χ2n) is 7.30. The normalized spacial score (nSPS) is 16.1. The SMILES string of the molecule is CC(=O)Oc1ccc(C2=CN(C(C)=O)[C@@H](C(C)C)C(=O)N2CC(=O)O)cc1OC(C)=O. The van der Waals surface area contributed by atoms with E-state index in [4.69, 9.17) is 9.47 Å². The number of nitrogens with zero attached hydrogens (tertiary/aromatic N) is 2. The minimum Gasteiger partial charge on any atom is -0.480 e. The standard InChI is InChI=1S/C21H24N2O8/c1-11(2)20-21(29)23(10-19(27)28)16(9-22(20)12(3)24)15-6-7-17(30-13(4)25)18(8-15)31-14(5)26/h6-9,11,20H,10H2,1-5H3,(H,27,28)/t20-/m0/s1. The van der Waals surface area contributed by atoms with E-state index in [0.29, 0.717) is 0 Å². The first-order chi connectivity index (χ1) is 14.4. The molecule has 1 heterocycles. The molecular formula is C21H24N2O8. The Morgan fingerprint density at radius 3 is 2.10 bits per heavy atom. The highest BCUT2D eigenvalue weighted by molar-refractivity contribution is 5.99. The number of benzene rings is 1. The fourth-order valence-electron chi connectivity index (χ4n) is 3.24. The Morgan fingerprint density at radius 2 is 1.61 bits per heavy atom. The maximum atomic E-state index is 13.1. The molecule has 10 heteroatoms. The van der Waals surface area contributed by atoms with Crippen molar-refractivity contribution < 1.29 is 38.6 Å². The molecule has 0 spiro atoms. The summed E-state index contributed by atoms with van der Waals surface area (Å²) in [6.45, 7) is 6.52. The minimum absolute atomic E-state index is 0.0255. The Balaban J connectivity index is 2.67. The van der Waals surface area contributed by atoms with Crippen LogP contribution in [0.15, 0.2) is 24.4 Å². The van der Waals surface area contributed by atoms with Crippen LogP contribution in [0.2, 0.25) is 0 Å². The first-order valence-electron chi connectivity index (χ1n) is 9.47. The van der Waals surface area contributed by atoms with Crippen LogP contribution >= 0.6 is 0 Å². The average Bonchev–Trinajstić information content (AvgIpc) is 2.62. The average molecular weight is 432 g/mol. The van der Waals surface area contributed by atoms with Crippen molar-refractivity contribution in [3.05, 3.63) is 30.0 Å². The molecule has 0 aromatic heterocycles. The van der Waals surface area contributed by atoms with Gasteiger partial charge in [0.1, 0.15) is 12.6 Å². The Kier molecular flexibility index (Phi) is 7.16. The molecule has 0 saturated carbocycles. The number of carbonyl (C=O) groups is 5. The number of rotatable bonds is 6. The summed E-state index contributed by atoms with van der Waals surface area (Å²) in [7, 11) is 0. The molecule has 1 aliphatic rings. The van der Waals surface area contributed by atoms with Gasteiger partial charge in [0, 0.05) is 32.5 Å². The van der Waals surface area contributed by atoms with E-state index in [0.717, 1.165) is 11.8 Å². The Labute approximate surface area is 179 Å². The van der Waals surface area contributed by atoms with Gasteiger partial charge < -0.3 is 19.5 Å². The molecule has 0 bridgehead atoms. The van der Waals surface area contributed by atoms with Crippen molar-refractivity contribution >= 4 is 35.4 Å². The Hall–Kier alpha value is -3.69. The number of hydrogen-bond donors (Lipinski definition) is 1. The van der Waals surface area contributed by atoms with Gasteiger partial charge in [-0.3, -0.25) is 28.9 Å². The molecule has 1 aromatic rings. The summed E-state index contributed by atoms with van der Waals surface area (Å²) < 4.78 is 10.1. The van der Waals surface area contributed by atoms with Crippen LogP contribution in [0.1, 0.15) is 40.2 Å². The van der Waals surface area contributed by atoms with Crippen LogP contribution < -0.4 is 9.47 Å². The lowest BCUT2D eigenvalue weighted by atomic mass is 9.97. The number of hydrogen-bond acceptors (Lipinski definition) is 7. The maximum Gasteiger partial charge on any atom is 0.323 e. The number of ether oxygens (including phenoxy) is 2. The fraction of sp³-hybridized carbons (Fsp3) is 0.381. The van der Waals surface area contributed by atoms with Crippen molar-refractivity contribution in [2.24, 2.45) is 5.92 Å². The third kappa shape index (κ3) is 5.47. The molecule has 1 atom stereocenters. The zero-order valence-corrected chi connectivity index (χ0v) is 17.9. The predicted octanol–water partition coefficient (Wildman–Crippen LogP) is 1.64. The van der Waals surface area contributed by atoms with Crippen molar-refractivity contribution in [2.45, 2.75) is 40.7 Å². The zero-order valence-electron chi connectivity index (χ0n) is 17.9. The molecule has 0 unspecified atom stereocenters. The molecule has 0 radical (unpaired) electrons. The highest BCUT2D eigenvalue weighted by atomic mass is 16.6. The van der Waals surface area contributed by atoms with Gasteiger partial charge in [-0.1, -0.05) is 13.8 Å². The topological polar surface area (TPSA) is 131 Å². The number of carboxylic acid groups (broad SMARTS) is 1. The molecule has 0 aliphatic carbocycles. The van der Waals surface area contributed by atoms with Crippen molar-refractivity contribution in [3.63, 3.8) is 0 Å². The van der Waals surface area contributed by atoms with E-state index in [9.17, 15) is 29.1 Å². The van der Waals surface area contributed by atoms with E-state index >= 15 is 0 Å². The lowest BCUT2D eigenvalue weighted by molar-refractivity contribution is -0.148. The lowest BCUT2D eigenvalue weighted by Crippen LogP contribution is -2.55. The largest absolute Gasteiger partial charge is 0.480 e. The maximum absolute atomic E-state index is 13.1. The summed E-state index contributed by atoms with van der Waals surface area (Å²) in [6.07, 6.45) is 1.40. The van der Waals surface area contributed by atoms with Gasteiger partial charge in [-0.05, 0) is 24.1 Å². The highest BCUT2D eigenvalue weighted by Crippen LogP contribution is 2.35. The van der Waals surface area contributed by atoms with Crippen molar-refractivity contribution in [1.82, 2.24) is 9.80 Å². The second-order valence-corrected chi connectivity index (χ2v) is 7.30. The molecule has 10 nitrogen and oxygen atoms in total. The Morgan fingerprint density at radius 1 is 1.03 bits per heavy atom. The van der Waals surface area contributed by atoms with Gasteiger partial charge in [0.15, 0.2) is 11.5 Å². The number of carbonyl (C=O) groups excluding carboxylic acids is 4. The zero-order chi connectivity index (χ0) is 23.5. The number of esters is 2. The molecule has 1 aromatic carbocycles. The van der Waals surface area contributed by atoms with Crippen molar-refractivity contribution in [2.75, 3.05) is 6.54 Å². The molecular weight excluding hydrogens is 408 g/mol. The molecule has 2 rings (SSSR count). The van der Waals surface area contributed by atoms with Crippen LogP contribution in [0.4, 0.5) is 0 Å². The third-order valence-electron chi connectivity index (χ3n) is 4.41. The number of carboxylic acids is 1. The second kappa shape index (κ2) is 9.41. The van der Waals surface area contributed by atoms with E-state index in [1.165, 1.54) is 43.1 Å². The van der Waals surface area contributed by atoms with E-state index in [2.05, 4.69) is 0 Å². The van der Waals surface area contributed by atoms with Gasteiger partial charge in [0.2, 0.25) is 5.91 Å². The quantitative estimate of drug-likeness (QED) is 0.530. The summed E-state index contributed by atoms with van der Waals surface area (Å²) >= 11 is 0. The molecule has 31 heavy (non-hydrogen) atoms. The first-order valence-corrected chi connectivity index (χ1v) is 9.47. The number of amides is 2. The molecule has 0 fully saturated rings. The van der Waals surface area contributed by atoms with E-state index in [1.54, 1.807) is 13.8 Å². The lowest BCUT2D eigenvalue weighted by Gasteiger charge is -2.40. The van der Waals surface area contributed by atoms with Crippen LogP contribution in [-0.4, -0.2) is 57.2 Å². The van der Waals surface area contributed by atoms with Gasteiger partial charge >= 0.3 is 17.9 Å². The first kappa shape index (κ1) is 23.6. The monoisotopic (exact) mass is 432 g/mol. The highest BCUT2D eigenvalue weighted by Gasteiger charge is 2.40. The summed E-state index contributed by atoms with van der Waals surface area (Å²) in [5, 5.41) is 9.34. The van der Waals surface area contributed by atoms with Crippen molar-refractivity contribution in [3.8, 4) is 11.5 Å². The van der Waals surface area contributed by atoms with Gasteiger partial charge in [-0.25, -0.2) is 0 Å². The molecule has 2 amide bonds. The van der Waals surface area contributed by atoms with Gasteiger partial charge in [-0.15, -0.1) is 0 Å². The van der Waals surface area contributed by atoms with Crippen LogP contribution in [0.5, 0.6) is 11.5 Å². The van der Waals surface area contributed by atoms with E-state index in [-0.39, 0.29) is 28.7 Å². The van der Waals surface area contributed by atoms with Crippen LogP contribution in [-0.2, 0) is 24.0 Å². The number of aliphatic carboxylic acids is 1. The van der Waals surface area contributed by atoms with Crippen LogP contribution in [0, 0.1) is 5.92 Å². The summed E-state index contributed by atoms with van der Waals surface area (Å²) in [5.74, 6) is -3.88. The van der Waals surface area contributed by atoms with E-state index in [1.807, 2.05) is 0 Å². The van der Waals surface area contributed by atoms with Gasteiger partial charge in [0.25, 0.3) is 5.91 Å². The van der Waals surface area contributed by atoms with Gasteiger partial charge in [0.05, 0.1) is 5.70 Å². The van der Waals surface area contributed by atoms with E-state index < -0.39 is 42.3 Å². The molecule has 1 N–H and O–H groups in total. The fourth-order valence-corrected chi connectivity index (χ4v) is 3.24. The predicted molar refractivity (Wildman–Crippen MR) is 108 cm³/mol.